The van der Waals surface area contributed by atoms with E-state index in [1.54, 1.807) is 24.4 Å². The van der Waals surface area contributed by atoms with Crippen LogP contribution in [0.3, 0.4) is 0 Å². The van der Waals surface area contributed by atoms with Crippen LogP contribution < -0.4 is 10.5 Å². The summed E-state index contributed by atoms with van der Waals surface area (Å²) < 4.78 is 6.98. The van der Waals surface area contributed by atoms with Gasteiger partial charge in [-0.1, -0.05) is 6.92 Å². The number of ketones is 1. The minimum absolute atomic E-state index is 0.128. The molecule has 1 aromatic heterocycles. The Morgan fingerprint density at radius 2 is 2.26 bits per heavy atom. The van der Waals surface area contributed by atoms with E-state index in [9.17, 15) is 4.79 Å². The fourth-order valence-electron chi connectivity index (χ4n) is 1.92. The Morgan fingerprint density at radius 3 is 2.95 bits per heavy atom. The molecule has 2 N–H and O–H groups in total. The number of aromatic nitrogens is 2. The zero-order chi connectivity index (χ0) is 13.8. The van der Waals surface area contributed by atoms with Crippen LogP contribution in [0.25, 0.3) is 0 Å². The predicted octanol–water partition coefficient (Wildman–Crippen LogP) is 2.11. The number of hydrogen-bond acceptors (Lipinski definition) is 4. The largest absolute Gasteiger partial charge is 0.495 e. The van der Waals surface area contributed by atoms with Crippen LogP contribution in [0.5, 0.6) is 5.75 Å². The van der Waals surface area contributed by atoms with Crippen molar-refractivity contribution in [2.24, 2.45) is 0 Å². The van der Waals surface area contributed by atoms with Gasteiger partial charge in [0.15, 0.2) is 5.82 Å². The van der Waals surface area contributed by atoms with Crippen LogP contribution in [-0.2, 0) is 6.54 Å². The van der Waals surface area contributed by atoms with Crippen LogP contribution in [0.4, 0.5) is 5.69 Å². The average Bonchev–Trinajstić information content (AvgIpc) is 2.87. The predicted molar refractivity (Wildman–Crippen MR) is 73.4 cm³/mol. The first-order valence-electron chi connectivity index (χ1n) is 6.16. The van der Waals surface area contributed by atoms with Gasteiger partial charge in [-0.05, 0) is 24.6 Å². The van der Waals surface area contributed by atoms with Crippen molar-refractivity contribution in [3.8, 4) is 5.75 Å². The van der Waals surface area contributed by atoms with Crippen LogP contribution in [-0.4, -0.2) is 22.4 Å². The van der Waals surface area contributed by atoms with Gasteiger partial charge in [-0.3, -0.25) is 4.79 Å². The van der Waals surface area contributed by atoms with Gasteiger partial charge >= 0.3 is 0 Å². The second-order valence-electron chi connectivity index (χ2n) is 4.23. The third kappa shape index (κ3) is 2.59. The Hall–Kier alpha value is -2.30. The normalized spacial score (nSPS) is 10.4. The lowest BCUT2D eigenvalue weighted by Crippen LogP contribution is -2.11. The summed E-state index contributed by atoms with van der Waals surface area (Å²) in [6.07, 6.45) is 4.39. The molecule has 0 amide bonds. The molecule has 100 valence electrons. The molecule has 0 atom stereocenters. The first kappa shape index (κ1) is 13.1. The maximum Gasteiger partial charge on any atom is 0.228 e. The molecule has 2 rings (SSSR count). The summed E-state index contributed by atoms with van der Waals surface area (Å²) in [4.78, 5) is 16.5. The number of aryl methyl sites for hydroxylation is 1. The molecule has 5 heteroatoms. The van der Waals surface area contributed by atoms with Crippen molar-refractivity contribution in [2.75, 3.05) is 12.8 Å². The SMILES string of the molecule is CCCn1ccnc1C(=O)c1ccc(N)c(OC)c1. The molecular weight excluding hydrogens is 242 g/mol. The fraction of sp³-hybridized carbons (Fsp3) is 0.286. The van der Waals surface area contributed by atoms with Crippen LogP contribution in [0.1, 0.15) is 29.5 Å². The highest BCUT2D eigenvalue weighted by molar-refractivity contribution is 6.07. The third-order valence-electron chi connectivity index (χ3n) is 2.88. The van der Waals surface area contributed by atoms with E-state index in [4.69, 9.17) is 10.5 Å². The van der Waals surface area contributed by atoms with Crippen molar-refractivity contribution >= 4 is 11.5 Å². The van der Waals surface area contributed by atoms with Gasteiger partial charge in [0.2, 0.25) is 5.78 Å². The smallest absolute Gasteiger partial charge is 0.228 e. The van der Waals surface area contributed by atoms with Gasteiger partial charge < -0.3 is 15.0 Å². The van der Waals surface area contributed by atoms with Gasteiger partial charge in [0, 0.05) is 24.5 Å². The highest BCUT2D eigenvalue weighted by Crippen LogP contribution is 2.23. The molecule has 0 aliphatic heterocycles. The number of anilines is 1. The molecule has 5 nitrogen and oxygen atoms in total. The molecular formula is C14H17N3O2. The number of hydrogen-bond donors (Lipinski definition) is 1. The van der Waals surface area contributed by atoms with Crippen molar-refractivity contribution in [2.45, 2.75) is 19.9 Å². The van der Waals surface area contributed by atoms with Crippen LogP contribution in [0, 0.1) is 0 Å². The number of nitrogen functional groups attached to an aromatic ring is 1. The molecule has 0 radical (unpaired) electrons. The summed E-state index contributed by atoms with van der Waals surface area (Å²) in [5.74, 6) is 0.810. The summed E-state index contributed by atoms with van der Waals surface area (Å²) in [6.45, 7) is 2.83. The lowest BCUT2D eigenvalue weighted by atomic mass is 10.1. The quantitative estimate of drug-likeness (QED) is 0.659. The second kappa shape index (κ2) is 5.56. The molecule has 1 heterocycles. The fourth-order valence-corrected chi connectivity index (χ4v) is 1.92. The summed E-state index contributed by atoms with van der Waals surface area (Å²) in [5, 5.41) is 0. The maximum absolute atomic E-state index is 12.4. The van der Waals surface area contributed by atoms with E-state index in [2.05, 4.69) is 11.9 Å². The van der Waals surface area contributed by atoms with E-state index >= 15 is 0 Å². The molecule has 0 spiro atoms. The molecule has 0 aliphatic carbocycles. The van der Waals surface area contributed by atoms with Crippen LogP contribution in [0.15, 0.2) is 30.6 Å². The molecule has 0 aliphatic rings. The summed E-state index contributed by atoms with van der Waals surface area (Å²) in [5.41, 5.74) is 6.77. The topological polar surface area (TPSA) is 70.1 Å². The van der Waals surface area contributed by atoms with E-state index in [1.807, 2.05) is 10.8 Å². The number of rotatable bonds is 5. The number of ether oxygens (including phenoxy) is 1. The molecule has 0 unspecified atom stereocenters. The minimum Gasteiger partial charge on any atom is -0.495 e. The van der Waals surface area contributed by atoms with Gasteiger partial charge in [0.1, 0.15) is 5.75 Å². The lowest BCUT2D eigenvalue weighted by molar-refractivity contribution is 0.102. The van der Waals surface area contributed by atoms with Gasteiger partial charge in [0.05, 0.1) is 12.8 Å². The highest BCUT2D eigenvalue weighted by Gasteiger charge is 2.16. The van der Waals surface area contributed by atoms with Crippen LogP contribution >= 0.6 is 0 Å². The standard InChI is InChI=1S/C14H17N3O2/c1-3-7-17-8-6-16-14(17)13(18)10-4-5-11(15)12(9-10)19-2/h4-6,8-9H,3,7,15H2,1-2H3. The lowest BCUT2D eigenvalue weighted by Gasteiger charge is -2.08. The van der Waals surface area contributed by atoms with E-state index < -0.39 is 0 Å². The van der Waals surface area contributed by atoms with E-state index in [0.717, 1.165) is 13.0 Å². The number of benzene rings is 1. The summed E-state index contributed by atoms with van der Waals surface area (Å²) in [6, 6.07) is 4.99. The van der Waals surface area contributed by atoms with E-state index in [-0.39, 0.29) is 5.78 Å². The molecule has 0 fully saturated rings. The zero-order valence-corrected chi connectivity index (χ0v) is 11.1. The zero-order valence-electron chi connectivity index (χ0n) is 11.1. The van der Waals surface area contributed by atoms with Crippen molar-refractivity contribution < 1.29 is 9.53 Å². The molecule has 0 bridgehead atoms. The Balaban J connectivity index is 2.36. The number of nitrogens with zero attached hydrogens (tertiary/aromatic N) is 2. The van der Waals surface area contributed by atoms with Gasteiger partial charge in [-0.25, -0.2) is 4.98 Å². The van der Waals surface area contributed by atoms with E-state index in [1.165, 1.54) is 7.11 Å². The second-order valence-corrected chi connectivity index (χ2v) is 4.23. The Labute approximate surface area is 112 Å². The Morgan fingerprint density at radius 1 is 1.47 bits per heavy atom. The first-order valence-corrected chi connectivity index (χ1v) is 6.16. The number of methoxy groups -OCH3 is 1. The van der Waals surface area contributed by atoms with Crippen molar-refractivity contribution in [1.29, 1.82) is 0 Å². The van der Waals surface area contributed by atoms with Crippen molar-refractivity contribution in [1.82, 2.24) is 9.55 Å². The number of imidazole rings is 1. The molecule has 1 aromatic carbocycles. The summed E-state index contributed by atoms with van der Waals surface area (Å²) in [7, 11) is 1.53. The van der Waals surface area contributed by atoms with Crippen molar-refractivity contribution in [3.05, 3.63) is 42.0 Å². The first-order chi connectivity index (χ1) is 9.17. The minimum atomic E-state index is -0.128. The Bertz CT molecular complexity index is 590. The summed E-state index contributed by atoms with van der Waals surface area (Å²) >= 11 is 0. The van der Waals surface area contributed by atoms with E-state index in [0.29, 0.717) is 22.8 Å². The monoisotopic (exact) mass is 259 g/mol. The number of carbonyl (C=O) groups is 1. The van der Waals surface area contributed by atoms with Crippen LogP contribution in [0.2, 0.25) is 0 Å². The van der Waals surface area contributed by atoms with Crippen molar-refractivity contribution in [3.63, 3.8) is 0 Å². The van der Waals surface area contributed by atoms with Gasteiger partial charge in [0.25, 0.3) is 0 Å². The molecule has 0 saturated carbocycles. The average molecular weight is 259 g/mol. The number of nitrogens with two attached hydrogens (primary N) is 1. The highest BCUT2D eigenvalue weighted by atomic mass is 16.5. The molecule has 0 saturated heterocycles. The molecule has 19 heavy (non-hydrogen) atoms. The number of carbonyl (C=O) groups excluding carboxylic acids is 1. The van der Waals surface area contributed by atoms with Gasteiger partial charge in [-0.2, -0.15) is 0 Å². The Kier molecular flexibility index (Phi) is 3.85. The molecule has 2 aromatic rings. The third-order valence-corrected chi connectivity index (χ3v) is 2.88. The maximum atomic E-state index is 12.4. The van der Waals surface area contributed by atoms with Gasteiger partial charge in [-0.15, -0.1) is 0 Å².